The topological polar surface area (TPSA) is 46.2 Å². The van der Waals surface area contributed by atoms with Gasteiger partial charge in [-0.3, -0.25) is 0 Å². The lowest BCUT2D eigenvalue weighted by Gasteiger charge is -2.31. The summed E-state index contributed by atoms with van der Waals surface area (Å²) in [6.45, 7) is 11.7. The molecule has 0 fully saturated rings. The van der Waals surface area contributed by atoms with Crippen LogP contribution < -0.4 is 5.32 Å². The SMILES string of the molecule is CCC(CC)(CNCC(C)(C)C)S(C)(=O)=O. The minimum atomic E-state index is -3.01. The Labute approximate surface area is 101 Å². The summed E-state index contributed by atoms with van der Waals surface area (Å²) < 4.78 is 23.1. The second kappa shape index (κ2) is 5.50. The molecule has 0 aliphatic heterocycles. The Hall–Kier alpha value is -0.0900. The van der Waals surface area contributed by atoms with Gasteiger partial charge >= 0.3 is 0 Å². The molecule has 0 aliphatic rings. The maximum absolute atomic E-state index is 11.8. The van der Waals surface area contributed by atoms with Crippen LogP contribution in [0.2, 0.25) is 0 Å². The van der Waals surface area contributed by atoms with Crippen LogP contribution >= 0.6 is 0 Å². The minimum Gasteiger partial charge on any atom is -0.315 e. The third kappa shape index (κ3) is 4.42. The van der Waals surface area contributed by atoms with E-state index in [9.17, 15) is 8.42 Å². The van der Waals surface area contributed by atoms with Crippen molar-refractivity contribution < 1.29 is 8.42 Å². The molecular weight excluding hydrogens is 222 g/mol. The lowest BCUT2D eigenvalue weighted by atomic mass is 9.96. The van der Waals surface area contributed by atoms with E-state index in [-0.39, 0.29) is 5.41 Å². The maximum Gasteiger partial charge on any atom is 0.154 e. The largest absolute Gasteiger partial charge is 0.315 e. The first kappa shape index (κ1) is 15.9. The lowest BCUT2D eigenvalue weighted by Crippen LogP contribution is -2.47. The predicted octanol–water partition coefficient (Wildman–Crippen LogP) is 2.23. The summed E-state index contributed by atoms with van der Waals surface area (Å²) in [6, 6.07) is 0. The summed E-state index contributed by atoms with van der Waals surface area (Å²) in [6.07, 6.45) is 2.68. The highest BCUT2D eigenvalue weighted by Gasteiger charge is 2.36. The lowest BCUT2D eigenvalue weighted by molar-refractivity contribution is 0.356. The molecule has 0 aromatic carbocycles. The molecule has 3 nitrogen and oxygen atoms in total. The molecule has 98 valence electrons. The second-order valence-corrected chi connectivity index (χ2v) is 8.24. The van der Waals surface area contributed by atoms with E-state index in [4.69, 9.17) is 0 Å². The summed E-state index contributed by atoms with van der Waals surface area (Å²) in [5.74, 6) is 0. The Morgan fingerprint density at radius 1 is 1.00 bits per heavy atom. The third-order valence-electron chi connectivity index (χ3n) is 3.18. The van der Waals surface area contributed by atoms with Crippen LogP contribution in [-0.2, 0) is 9.84 Å². The molecule has 0 saturated heterocycles. The molecule has 0 heterocycles. The average Bonchev–Trinajstić information content (AvgIpc) is 2.09. The van der Waals surface area contributed by atoms with Crippen LogP contribution in [0.4, 0.5) is 0 Å². The van der Waals surface area contributed by atoms with Crippen molar-refractivity contribution in [2.45, 2.75) is 52.2 Å². The molecule has 0 aromatic rings. The molecule has 0 aliphatic carbocycles. The molecule has 0 saturated carbocycles. The fraction of sp³-hybridized carbons (Fsp3) is 1.00. The van der Waals surface area contributed by atoms with Gasteiger partial charge in [0.1, 0.15) is 0 Å². The fourth-order valence-electron chi connectivity index (χ4n) is 1.82. The van der Waals surface area contributed by atoms with E-state index in [2.05, 4.69) is 26.1 Å². The van der Waals surface area contributed by atoms with E-state index < -0.39 is 14.6 Å². The van der Waals surface area contributed by atoms with Gasteiger partial charge in [-0.25, -0.2) is 8.42 Å². The summed E-state index contributed by atoms with van der Waals surface area (Å²) >= 11 is 0. The molecule has 0 atom stereocenters. The second-order valence-electron chi connectivity index (χ2n) is 5.83. The highest BCUT2D eigenvalue weighted by atomic mass is 32.2. The van der Waals surface area contributed by atoms with Crippen LogP contribution in [0.5, 0.6) is 0 Å². The number of nitrogens with one attached hydrogen (secondary N) is 1. The van der Waals surface area contributed by atoms with E-state index >= 15 is 0 Å². The number of rotatable bonds is 6. The van der Waals surface area contributed by atoms with Crippen LogP contribution in [0.25, 0.3) is 0 Å². The van der Waals surface area contributed by atoms with Gasteiger partial charge in [0.2, 0.25) is 0 Å². The highest BCUT2D eigenvalue weighted by molar-refractivity contribution is 7.92. The Kier molecular flexibility index (Phi) is 5.47. The normalized spacial score (nSPS) is 14.1. The zero-order chi connectivity index (χ0) is 13.0. The van der Waals surface area contributed by atoms with Crippen LogP contribution in [0.1, 0.15) is 47.5 Å². The number of hydrogen-bond acceptors (Lipinski definition) is 3. The molecule has 0 bridgehead atoms. The molecule has 4 heteroatoms. The van der Waals surface area contributed by atoms with Gasteiger partial charge < -0.3 is 5.32 Å². The summed E-state index contributed by atoms with van der Waals surface area (Å²) in [5, 5.41) is 3.30. The highest BCUT2D eigenvalue weighted by Crippen LogP contribution is 2.24. The maximum atomic E-state index is 11.8. The Balaban J connectivity index is 4.60. The molecule has 1 N–H and O–H groups in total. The van der Waals surface area contributed by atoms with Crippen molar-refractivity contribution in [1.29, 1.82) is 0 Å². The number of hydrogen-bond donors (Lipinski definition) is 1. The first-order chi connectivity index (χ1) is 7.08. The van der Waals surface area contributed by atoms with Crippen molar-refractivity contribution in [3.8, 4) is 0 Å². The molecule has 0 rings (SSSR count). The van der Waals surface area contributed by atoms with Crippen molar-refractivity contribution in [3.05, 3.63) is 0 Å². The van der Waals surface area contributed by atoms with Crippen LogP contribution in [0.3, 0.4) is 0 Å². The van der Waals surface area contributed by atoms with Crippen LogP contribution in [0.15, 0.2) is 0 Å². The van der Waals surface area contributed by atoms with E-state index in [0.717, 1.165) is 6.54 Å². The minimum absolute atomic E-state index is 0.185. The quantitative estimate of drug-likeness (QED) is 0.785. The van der Waals surface area contributed by atoms with E-state index in [1.807, 2.05) is 13.8 Å². The summed E-state index contributed by atoms with van der Waals surface area (Å²) in [7, 11) is -3.01. The predicted molar refractivity (Wildman–Crippen MR) is 70.5 cm³/mol. The standard InChI is InChI=1S/C12H27NO2S/c1-7-12(8-2,16(6,14)15)10-13-9-11(3,4)5/h13H,7-10H2,1-6H3. The van der Waals surface area contributed by atoms with Crippen molar-refractivity contribution in [3.63, 3.8) is 0 Å². The molecule has 0 amide bonds. The molecule has 0 aromatic heterocycles. The van der Waals surface area contributed by atoms with E-state index in [0.29, 0.717) is 19.4 Å². The smallest absolute Gasteiger partial charge is 0.154 e. The Bertz CT molecular complexity index is 297. The monoisotopic (exact) mass is 249 g/mol. The van der Waals surface area contributed by atoms with Gasteiger partial charge in [-0.1, -0.05) is 34.6 Å². The zero-order valence-corrected chi connectivity index (χ0v) is 12.4. The van der Waals surface area contributed by atoms with Crippen molar-refractivity contribution in [2.24, 2.45) is 5.41 Å². The van der Waals surface area contributed by atoms with Crippen LogP contribution in [-0.4, -0.2) is 32.5 Å². The molecule has 0 radical (unpaired) electrons. The Morgan fingerprint density at radius 2 is 1.44 bits per heavy atom. The van der Waals surface area contributed by atoms with Gasteiger partial charge in [-0.15, -0.1) is 0 Å². The molecule has 0 unspecified atom stereocenters. The third-order valence-corrected chi connectivity index (χ3v) is 5.47. The van der Waals surface area contributed by atoms with Gasteiger partial charge in [0.05, 0.1) is 4.75 Å². The zero-order valence-electron chi connectivity index (χ0n) is 11.6. The van der Waals surface area contributed by atoms with E-state index in [1.54, 1.807) is 0 Å². The van der Waals surface area contributed by atoms with Gasteiger partial charge in [0.25, 0.3) is 0 Å². The van der Waals surface area contributed by atoms with Crippen LogP contribution in [0, 0.1) is 5.41 Å². The van der Waals surface area contributed by atoms with Gasteiger partial charge in [-0.2, -0.15) is 0 Å². The van der Waals surface area contributed by atoms with Gasteiger partial charge in [0, 0.05) is 19.3 Å². The summed E-state index contributed by atoms with van der Waals surface area (Å²) in [4.78, 5) is 0. The van der Waals surface area contributed by atoms with Crippen molar-refractivity contribution >= 4 is 9.84 Å². The van der Waals surface area contributed by atoms with Gasteiger partial charge in [-0.05, 0) is 18.3 Å². The Morgan fingerprint density at radius 3 is 1.69 bits per heavy atom. The first-order valence-corrected chi connectivity index (χ1v) is 7.87. The van der Waals surface area contributed by atoms with Crippen molar-refractivity contribution in [2.75, 3.05) is 19.3 Å². The molecular formula is C12H27NO2S. The first-order valence-electron chi connectivity index (χ1n) is 5.98. The molecule has 0 spiro atoms. The van der Waals surface area contributed by atoms with E-state index in [1.165, 1.54) is 6.26 Å². The van der Waals surface area contributed by atoms with Crippen molar-refractivity contribution in [1.82, 2.24) is 5.32 Å². The summed E-state index contributed by atoms with van der Waals surface area (Å²) in [5.41, 5.74) is 0.185. The van der Waals surface area contributed by atoms with Gasteiger partial charge in [0.15, 0.2) is 9.84 Å². The fourth-order valence-corrected chi connectivity index (χ4v) is 3.23. The number of sulfone groups is 1. The molecule has 16 heavy (non-hydrogen) atoms. The average molecular weight is 249 g/mol.